The van der Waals surface area contributed by atoms with Gasteiger partial charge in [-0.25, -0.2) is 0 Å². The predicted molar refractivity (Wildman–Crippen MR) is 42.4 cm³/mol. The van der Waals surface area contributed by atoms with E-state index in [1.807, 2.05) is 0 Å². The molecule has 11 heavy (non-hydrogen) atoms. The number of unbranched alkanes of at least 4 members (excludes halogenated alkanes) is 1. The van der Waals surface area contributed by atoms with Crippen molar-refractivity contribution in [3.63, 3.8) is 0 Å². The summed E-state index contributed by atoms with van der Waals surface area (Å²) in [5, 5.41) is 23.5. The van der Waals surface area contributed by atoms with Crippen LogP contribution in [0.4, 0.5) is 0 Å². The van der Waals surface area contributed by atoms with Gasteiger partial charge in [0.25, 0.3) is 0 Å². The zero-order valence-electron chi connectivity index (χ0n) is 6.99. The fourth-order valence-electron chi connectivity index (χ4n) is 0.358. The molecule has 0 aliphatic rings. The van der Waals surface area contributed by atoms with E-state index in [1.54, 1.807) is 7.11 Å². The first-order chi connectivity index (χ1) is 5.33. The lowest BCUT2D eigenvalue weighted by Crippen LogP contribution is -1.89. The van der Waals surface area contributed by atoms with E-state index in [-0.39, 0.29) is 19.8 Å². The van der Waals surface area contributed by atoms with Crippen LogP contribution < -0.4 is 0 Å². The summed E-state index contributed by atoms with van der Waals surface area (Å²) >= 11 is 0. The molecule has 0 saturated carbocycles. The van der Waals surface area contributed by atoms with E-state index in [1.165, 1.54) is 0 Å². The lowest BCUT2D eigenvalue weighted by molar-refractivity contribution is 0.181. The second-order valence-electron chi connectivity index (χ2n) is 1.87. The topological polar surface area (TPSA) is 69.9 Å². The average Bonchev–Trinajstić information content (AvgIpc) is 2.06. The van der Waals surface area contributed by atoms with E-state index in [2.05, 4.69) is 0 Å². The maximum atomic E-state index is 8.24. The quantitative estimate of drug-likeness (QED) is 0.476. The molecule has 4 heteroatoms. The van der Waals surface area contributed by atoms with E-state index in [9.17, 15) is 0 Å². The summed E-state index contributed by atoms with van der Waals surface area (Å²) in [4.78, 5) is 0. The Labute approximate surface area is 67.4 Å². The molecule has 0 unspecified atom stereocenters. The Morgan fingerprint density at radius 2 is 1.45 bits per heavy atom. The highest BCUT2D eigenvalue weighted by atomic mass is 16.5. The summed E-state index contributed by atoms with van der Waals surface area (Å²) in [6.45, 7) is 0.796. The fourth-order valence-corrected chi connectivity index (χ4v) is 0.358. The highest BCUT2D eigenvalue weighted by Crippen LogP contribution is 1.84. The van der Waals surface area contributed by atoms with Crippen molar-refractivity contribution < 1.29 is 20.1 Å². The molecule has 0 bridgehead atoms. The first-order valence-corrected chi connectivity index (χ1v) is 3.65. The summed E-state index contributed by atoms with van der Waals surface area (Å²) in [6, 6.07) is 0. The Kier molecular flexibility index (Phi) is 20.1. The number of aliphatic hydroxyl groups is 3. The molecule has 70 valence electrons. The molecule has 4 nitrogen and oxygen atoms in total. The lowest BCUT2D eigenvalue weighted by atomic mass is 10.3. The Hall–Kier alpha value is -0.160. The van der Waals surface area contributed by atoms with Crippen LogP contribution in [-0.2, 0) is 4.74 Å². The third-order valence-electron chi connectivity index (χ3n) is 0.857. The van der Waals surface area contributed by atoms with Crippen molar-refractivity contribution >= 4 is 0 Å². The second kappa shape index (κ2) is 16.4. The molecule has 0 aliphatic heterocycles. The number of hydrogen-bond donors (Lipinski definition) is 3. The Morgan fingerprint density at radius 3 is 1.73 bits per heavy atom. The van der Waals surface area contributed by atoms with Crippen LogP contribution in [0.5, 0.6) is 0 Å². The minimum atomic E-state index is -0.125. The van der Waals surface area contributed by atoms with Gasteiger partial charge in [0.2, 0.25) is 0 Å². The van der Waals surface area contributed by atoms with Crippen molar-refractivity contribution in [2.75, 3.05) is 33.5 Å². The highest BCUT2D eigenvalue weighted by Gasteiger charge is 1.80. The molecule has 0 atom stereocenters. The van der Waals surface area contributed by atoms with Crippen LogP contribution in [0.25, 0.3) is 0 Å². The zero-order valence-corrected chi connectivity index (χ0v) is 6.99. The van der Waals surface area contributed by atoms with Gasteiger partial charge in [-0.2, -0.15) is 0 Å². The second-order valence-corrected chi connectivity index (χ2v) is 1.87. The van der Waals surface area contributed by atoms with Gasteiger partial charge in [0.05, 0.1) is 13.2 Å². The van der Waals surface area contributed by atoms with Gasteiger partial charge in [0, 0.05) is 20.3 Å². The van der Waals surface area contributed by atoms with Gasteiger partial charge >= 0.3 is 0 Å². The molecule has 0 radical (unpaired) electrons. The summed E-state index contributed by atoms with van der Waals surface area (Å²) in [6.07, 6.45) is 1.82. The summed E-state index contributed by atoms with van der Waals surface area (Å²) in [5.74, 6) is 0. The minimum absolute atomic E-state index is 0.125. The van der Waals surface area contributed by atoms with Crippen LogP contribution in [0, 0.1) is 0 Å². The van der Waals surface area contributed by atoms with Crippen molar-refractivity contribution in [1.29, 1.82) is 0 Å². The summed E-state index contributed by atoms with van der Waals surface area (Å²) in [5.41, 5.74) is 0. The van der Waals surface area contributed by atoms with Crippen LogP contribution in [-0.4, -0.2) is 48.9 Å². The SMILES string of the molecule is COCCCCO.OCCO. The van der Waals surface area contributed by atoms with Gasteiger partial charge in [-0.05, 0) is 12.8 Å². The van der Waals surface area contributed by atoms with Gasteiger partial charge in [-0.3, -0.25) is 0 Å². The average molecular weight is 166 g/mol. The molecule has 0 fully saturated rings. The summed E-state index contributed by atoms with van der Waals surface area (Å²) < 4.78 is 4.73. The molecule has 0 amide bonds. The molecule has 0 aliphatic carbocycles. The van der Waals surface area contributed by atoms with Crippen molar-refractivity contribution in [1.82, 2.24) is 0 Å². The van der Waals surface area contributed by atoms with E-state index in [0.717, 1.165) is 19.4 Å². The monoisotopic (exact) mass is 166 g/mol. The number of aliphatic hydroxyl groups excluding tert-OH is 3. The molecule has 0 heterocycles. The molecule has 0 aromatic rings. The Bertz CT molecular complexity index is 43.7. The fraction of sp³-hybridized carbons (Fsp3) is 1.00. The number of hydrogen-bond acceptors (Lipinski definition) is 4. The Morgan fingerprint density at radius 1 is 0.909 bits per heavy atom. The van der Waals surface area contributed by atoms with Crippen molar-refractivity contribution in [3.05, 3.63) is 0 Å². The van der Waals surface area contributed by atoms with Crippen LogP contribution in [0.3, 0.4) is 0 Å². The van der Waals surface area contributed by atoms with E-state index >= 15 is 0 Å². The number of ether oxygens (including phenoxy) is 1. The highest BCUT2D eigenvalue weighted by molar-refractivity contribution is 4.32. The molecule has 0 saturated heterocycles. The maximum Gasteiger partial charge on any atom is 0.0662 e. The summed E-state index contributed by atoms with van der Waals surface area (Å²) in [7, 11) is 1.66. The number of rotatable bonds is 5. The first-order valence-electron chi connectivity index (χ1n) is 3.65. The third-order valence-corrected chi connectivity index (χ3v) is 0.857. The molecule has 0 rings (SSSR count). The first kappa shape index (κ1) is 13.4. The van der Waals surface area contributed by atoms with E-state index < -0.39 is 0 Å². The van der Waals surface area contributed by atoms with Crippen molar-refractivity contribution in [2.45, 2.75) is 12.8 Å². The lowest BCUT2D eigenvalue weighted by Gasteiger charge is -1.92. The molecular weight excluding hydrogens is 148 g/mol. The van der Waals surface area contributed by atoms with Crippen molar-refractivity contribution in [3.8, 4) is 0 Å². The van der Waals surface area contributed by atoms with Crippen LogP contribution >= 0.6 is 0 Å². The Balaban J connectivity index is 0. The van der Waals surface area contributed by atoms with Crippen LogP contribution in [0.2, 0.25) is 0 Å². The van der Waals surface area contributed by atoms with Crippen LogP contribution in [0.1, 0.15) is 12.8 Å². The van der Waals surface area contributed by atoms with Gasteiger partial charge < -0.3 is 20.1 Å². The molecule has 0 aromatic heterocycles. The number of methoxy groups -OCH3 is 1. The minimum Gasteiger partial charge on any atom is -0.396 e. The standard InChI is InChI=1S/C5H12O2.C2H6O2/c1-7-5-3-2-4-6;3-1-2-4/h6H,2-5H2,1H3;3-4H,1-2H2. The van der Waals surface area contributed by atoms with Gasteiger partial charge in [-0.1, -0.05) is 0 Å². The predicted octanol–water partition coefficient (Wildman–Crippen LogP) is -0.624. The molecule has 0 spiro atoms. The van der Waals surface area contributed by atoms with Gasteiger partial charge in [0.1, 0.15) is 0 Å². The molecule has 3 N–H and O–H groups in total. The third kappa shape index (κ3) is 25.8. The van der Waals surface area contributed by atoms with Gasteiger partial charge in [0.15, 0.2) is 0 Å². The largest absolute Gasteiger partial charge is 0.396 e. The maximum absolute atomic E-state index is 8.24. The van der Waals surface area contributed by atoms with E-state index in [0.29, 0.717) is 0 Å². The molecular formula is C7H18O4. The molecule has 0 aromatic carbocycles. The zero-order chi connectivity index (χ0) is 8.95. The smallest absolute Gasteiger partial charge is 0.0662 e. The van der Waals surface area contributed by atoms with Gasteiger partial charge in [-0.15, -0.1) is 0 Å². The normalized spacial score (nSPS) is 8.73. The van der Waals surface area contributed by atoms with Crippen molar-refractivity contribution in [2.24, 2.45) is 0 Å². The van der Waals surface area contributed by atoms with Crippen LogP contribution in [0.15, 0.2) is 0 Å². The van der Waals surface area contributed by atoms with E-state index in [4.69, 9.17) is 20.1 Å².